The zero-order valence-electron chi connectivity index (χ0n) is 18.4. The molecule has 0 saturated carbocycles. The number of nitrogens with zero attached hydrogens (tertiary/aromatic N) is 2. The van der Waals surface area contributed by atoms with Crippen molar-refractivity contribution in [1.82, 2.24) is 9.78 Å². The smallest absolute Gasteiger partial charge is 0.0734 e. The Bertz CT molecular complexity index is 755. The molecule has 1 aromatic carbocycles. The quantitative estimate of drug-likeness (QED) is 0.509. The van der Waals surface area contributed by atoms with Gasteiger partial charge in [0.15, 0.2) is 0 Å². The van der Waals surface area contributed by atoms with Gasteiger partial charge in [-0.05, 0) is 75.1 Å². The van der Waals surface area contributed by atoms with Crippen molar-refractivity contribution in [3.05, 3.63) is 51.3 Å². The van der Waals surface area contributed by atoms with E-state index < -0.39 is 0 Å². The van der Waals surface area contributed by atoms with Gasteiger partial charge in [-0.1, -0.05) is 50.8 Å². The van der Waals surface area contributed by atoms with E-state index in [-0.39, 0.29) is 0 Å². The van der Waals surface area contributed by atoms with Crippen molar-refractivity contribution in [3.8, 4) is 0 Å². The third-order valence-electron chi connectivity index (χ3n) is 6.47. The van der Waals surface area contributed by atoms with Crippen LogP contribution in [-0.2, 0) is 13.5 Å². The third-order valence-corrected chi connectivity index (χ3v) is 6.47. The number of fused-ring (bicyclic) bond motifs is 1. The highest BCUT2D eigenvalue weighted by molar-refractivity contribution is 5.46. The van der Waals surface area contributed by atoms with Gasteiger partial charge in [-0.2, -0.15) is 5.10 Å². The zero-order chi connectivity index (χ0) is 19.6. The number of aryl methyl sites for hydroxylation is 4. The van der Waals surface area contributed by atoms with Crippen LogP contribution in [0.2, 0.25) is 0 Å². The zero-order valence-corrected chi connectivity index (χ0v) is 18.4. The molecule has 0 fully saturated rings. The molecule has 0 amide bonds. The van der Waals surface area contributed by atoms with Crippen molar-refractivity contribution in [2.75, 3.05) is 0 Å². The molecule has 2 aromatic rings. The molecule has 0 radical (unpaired) electrons. The van der Waals surface area contributed by atoms with Crippen LogP contribution in [0.15, 0.2) is 12.1 Å². The molecule has 0 spiro atoms. The molecule has 2 nitrogen and oxygen atoms in total. The molecule has 1 heterocycles. The predicted octanol–water partition coefficient (Wildman–Crippen LogP) is 6.89. The maximum absolute atomic E-state index is 5.18. The van der Waals surface area contributed by atoms with Gasteiger partial charge in [-0.25, -0.2) is 0 Å². The van der Waals surface area contributed by atoms with Gasteiger partial charge in [0.1, 0.15) is 0 Å². The third kappa shape index (κ3) is 4.00. The van der Waals surface area contributed by atoms with Gasteiger partial charge >= 0.3 is 0 Å². The molecule has 1 aliphatic carbocycles. The molecule has 3 rings (SSSR count). The average molecular weight is 367 g/mol. The summed E-state index contributed by atoms with van der Waals surface area (Å²) in [5.74, 6) is 1.13. The largest absolute Gasteiger partial charge is 0.272 e. The van der Waals surface area contributed by atoms with Crippen molar-refractivity contribution in [3.63, 3.8) is 0 Å². The fraction of sp³-hybridized carbons (Fsp3) is 0.640. The van der Waals surface area contributed by atoms with Crippen LogP contribution in [-0.4, -0.2) is 9.78 Å². The van der Waals surface area contributed by atoms with Crippen molar-refractivity contribution in [1.29, 1.82) is 0 Å². The summed E-state index contributed by atoms with van der Waals surface area (Å²) in [4.78, 5) is 0. The average Bonchev–Trinajstić information content (AvgIpc) is 2.79. The maximum atomic E-state index is 5.18. The summed E-state index contributed by atoms with van der Waals surface area (Å²) in [6, 6.07) is 4.71. The Balaban J connectivity index is 2.12. The highest BCUT2D eigenvalue weighted by Crippen LogP contribution is 2.42. The fourth-order valence-corrected chi connectivity index (χ4v) is 5.57. The normalized spacial score (nSPS) is 17.2. The molecule has 1 aliphatic rings. The van der Waals surface area contributed by atoms with Crippen molar-refractivity contribution in [2.24, 2.45) is 7.05 Å². The van der Waals surface area contributed by atoms with Gasteiger partial charge in [0.2, 0.25) is 0 Å². The van der Waals surface area contributed by atoms with Crippen LogP contribution in [0, 0.1) is 20.8 Å². The molecule has 0 saturated heterocycles. The van der Waals surface area contributed by atoms with E-state index in [2.05, 4.69) is 58.5 Å². The van der Waals surface area contributed by atoms with Crippen molar-refractivity contribution >= 4 is 0 Å². The van der Waals surface area contributed by atoms with Crippen LogP contribution in [0.3, 0.4) is 0 Å². The van der Waals surface area contributed by atoms with E-state index in [0.29, 0.717) is 11.8 Å². The van der Waals surface area contributed by atoms with E-state index in [1.54, 1.807) is 11.3 Å². The minimum Gasteiger partial charge on any atom is -0.272 e. The van der Waals surface area contributed by atoms with Crippen molar-refractivity contribution in [2.45, 2.75) is 97.8 Å². The van der Waals surface area contributed by atoms with Gasteiger partial charge in [-0.15, -0.1) is 0 Å². The van der Waals surface area contributed by atoms with Crippen LogP contribution in [0.4, 0.5) is 0 Å². The Morgan fingerprint density at radius 3 is 2.26 bits per heavy atom. The van der Waals surface area contributed by atoms with Crippen LogP contribution in [0.1, 0.15) is 110 Å². The summed E-state index contributed by atoms with van der Waals surface area (Å²) in [6.45, 7) is 11.4. The summed E-state index contributed by atoms with van der Waals surface area (Å²) in [5.41, 5.74) is 10.3. The highest BCUT2D eigenvalue weighted by Gasteiger charge is 2.30. The van der Waals surface area contributed by atoms with E-state index in [0.717, 1.165) is 0 Å². The Hall–Kier alpha value is -1.57. The first-order chi connectivity index (χ1) is 13.0. The molecule has 0 N–H and O–H groups in total. The second kappa shape index (κ2) is 8.63. The fourth-order valence-electron chi connectivity index (χ4n) is 5.57. The van der Waals surface area contributed by atoms with E-state index >= 15 is 0 Å². The lowest BCUT2D eigenvalue weighted by Gasteiger charge is -2.21. The molecule has 0 aliphatic heterocycles. The van der Waals surface area contributed by atoms with E-state index in [4.69, 9.17) is 5.10 Å². The van der Waals surface area contributed by atoms with Gasteiger partial charge in [0.25, 0.3) is 0 Å². The van der Waals surface area contributed by atoms with Crippen LogP contribution >= 0.6 is 0 Å². The molecule has 1 atom stereocenters. The Morgan fingerprint density at radius 2 is 1.67 bits per heavy atom. The molecular weight excluding hydrogens is 328 g/mol. The molecule has 1 aromatic heterocycles. The lowest BCUT2D eigenvalue weighted by molar-refractivity contribution is 0.511. The lowest BCUT2D eigenvalue weighted by Crippen LogP contribution is -2.08. The van der Waals surface area contributed by atoms with E-state index in [9.17, 15) is 0 Å². The summed E-state index contributed by atoms with van der Waals surface area (Å²) < 4.78 is 2.25. The lowest BCUT2D eigenvalue weighted by atomic mass is 9.83. The predicted molar refractivity (Wildman–Crippen MR) is 116 cm³/mol. The minimum absolute atomic E-state index is 0.465. The summed E-state index contributed by atoms with van der Waals surface area (Å²) in [7, 11) is 2.19. The highest BCUT2D eigenvalue weighted by atomic mass is 15.3. The van der Waals surface area contributed by atoms with E-state index in [1.165, 1.54) is 79.3 Å². The second-order valence-corrected chi connectivity index (χ2v) is 8.76. The number of benzene rings is 1. The summed E-state index contributed by atoms with van der Waals surface area (Å²) >= 11 is 0. The SMILES string of the molecule is CCCC(CCC)c1c2c(nn1C)C(c1c(C)cc(C)cc1C)CCCC2. The Labute approximate surface area is 166 Å². The molecule has 148 valence electrons. The van der Waals surface area contributed by atoms with Crippen molar-refractivity contribution < 1.29 is 0 Å². The molecule has 2 heteroatoms. The molecule has 1 unspecified atom stereocenters. The first-order valence-corrected chi connectivity index (χ1v) is 11.1. The molecule has 0 bridgehead atoms. The van der Waals surface area contributed by atoms with Gasteiger partial charge in [-0.3, -0.25) is 4.68 Å². The van der Waals surface area contributed by atoms with Crippen LogP contribution in [0.5, 0.6) is 0 Å². The number of hydrogen-bond acceptors (Lipinski definition) is 1. The van der Waals surface area contributed by atoms with Crippen LogP contribution < -0.4 is 0 Å². The molecule has 27 heavy (non-hydrogen) atoms. The van der Waals surface area contributed by atoms with Gasteiger partial charge < -0.3 is 0 Å². The number of hydrogen-bond donors (Lipinski definition) is 0. The van der Waals surface area contributed by atoms with Gasteiger partial charge in [0, 0.05) is 24.6 Å². The van der Waals surface area contributed by atoms with Crippen LogP contribution in [0.25, 0.3) is 0 Å². The summed E-state index contributed by atoms with van der Waals surface area (Å²) in [5, 5.41) is 5.18. The standard InChI is InChI=1S/C25H38N2/c1-7-11-20(12-8-2)25-22-14-10-9-13-21(24(22)26-27(25)6)23-18(4)15-17(3)16-19(23)5/h15-16,20-21H,7-14H2,1-6H3. The Kier molecular flexibility index (Phi) is 6.44. The first-order valence-electron chi connectivity index (χ1n) is 11.1. The molecular formula is C25H38N2. The number of aromatic nitrogens is 2. The summed E-state index contributed by atoms with van der Waals surface area (Å²) in [6.07, 6.45) is 10.1. The van der Waals surface area contributed by atoms with Gasteiger partial charge in [0.05, 0.1) is 5.69 Å². The first kappa shape index (κ1) is 20.2. The van der Waals surface area contributed by atoms with E-state index in [1.807, 2.05) is 0 Å². The number of rotatable bonds is 6. The Morgan fingerprint density at radius 1 is 1.04 bits per heavy atom. The monoisotopic (exact) mass is 366 g/mol. The maximum Gasteiger partial charge on any atom is 0.0734 e. The topological polar surface area (TPSA) is 17.8 Å². The minimum atomic E-state index is 0.465. The second-order valence-electron chi connectivity index (χ2n) is 8.76.